The van der Waals surface area contributed by atoms with Crippen LogP contribution in [0.15, 0.2) is 46.0 Å². The Balaban J connectivity index is 1.68. The fourth-order valence-electron chi connectivity index (χ4n) is 1.99. The summed E-state index contributed by atoms with van der Waals surface area (Å²) in [4.78, 5) is 14.3. The Bertz CT molecular complexity index is 916. The SMILES string of the molecule is Cc1ccc(-c2cc(C(=O)N/N=C\c3cc(Br)ccc3O)n[nH]2)s1. The van der Waals surface area contributed by atoms with Crippen LogP contribution < -0.4 is 5.43 Å². The number of benzene rings is 1. The zero-order chi connectivity index (χ0) is 17.1. The molecule has 0 saturated carbocycles. The molecular weight excluding hydrogens is 392 g/mol. The normalized spacial score (nSPS) is 11.1. The summed E-state index contributed by atoms with van der Waals surface area (Å²) in [6, 6.07) is 10.6. The molecule has 0 spiro atoms. The van der Waals surface area contributed by atoms with E-state index in [0.29, 0.717) is 5.56 Å². The van der Waals surface area contributed by atoms with E-state index >= 15 is 0 Å². The number of halogens is 1. The van der Waals surface area contributed by atoms with Gasteiger partial charge in [0.25, 0.3) is 5.91 Å². The van der Waals surface area contributed by atoms with Crippen molar-refractivity contribution in [1.82, 2.24) is 15.6 Å². The molecule has 1 aromatic carbocycles. The number of thiophene rings is 1. The number of hydrazone groups is 1. The number of aromatic amines is 1. The third-order valence-electron chi connectivity index (χ3n) is 3.18. The molecule has 0 aliphatic carbocycles. The lowest BCUT2D eigenvalue weighted by Crippen LogP contribution is -2.18. The second-order valence-corrected chi connectivity index (χ2v) is 7.18. The zero-order valence-corrected chi connectivity index (χ0v) is 15.0. The lowest BCUT2D eigenvalue weighted by atomic mass is 10.2. The second kappa shape index (κ2) is 6.98. The first kappa shape index (κ1) is 16.4. The molecule has 122 valence electrons. The predicted molar refractivity (Wildman–Crippen MR) is 97.5 cm³/mol. The van der Waals surface area contributed by atoms with E-state index in [0.717, 1.165) is 15.0 Å². The Morgan fingerprint density at radius 3 is 2.96 bits per heavy atom. The van der Waals surface area contributed by atoms with Crippen LogP contribution in [0.2, 0.25) is 0 Å². The van der Waals surface area contributed by atoms with Crippen molar-refractivity contribution in [2.24, 2.45) is 5.10 Å². The lowest BCUT2D eigenvalue weighted by molar-refractivity contribution is 0.0950. The number of carbonyl (C=O) groups excluding carboxylic acids is 1. The average Bonchev–Trinajstić information content (AvgIpc) is 3.19. The van der Waals surface area contributed by atoms with Crippen molar-refractivity contribution in [2.45, 2.75) is 6.92 Å². The van der Waals surface area contributed by atoms with Crippen molar-refractivity contribution in [3.05, 3.63) is 57.0 Å². The number of rotatable bonds is 4. The van der Waals surface area contributed by atoms with Gasteiger partial charge in [-0.25, -0.2) is 5.43 Å². The number of aromatic nitrogens is 2. The molecular formula is C16H13BrN4O2S. The minimum Gasteiger partial charge on any atom is -0.507 e. The number of carbonyl (C=O) groups is 1. The maximum atomic E-state index is 12.1. The van der Waals surface area contributed by atoms with E-state index in [1.165, 1.54) is 17.2 Å². The van der Waals surface area contributed by atoms with Gasteiger partial charge in [-0.05, 0) is 43.3 Å². The zero-order valence-electron chi connectivity index (χ0n) is 12.6. The van der Waals surface area contributed by atoms with Crippen molar-refractivity contribution in [2.75, 3.05) is 0 Å². The highest BCUT2D eigenvalue weighted by Crippen LogP contribution is 2.26. The number of nitrogens with zero attached hydrogens (tertiary/aromatic N) is 2. The molecule has 8 heteroatoms. The Labute approximate surface area is 150 Å². The molecule has 1 amide bonds. The number of H-pyrrole nitrogens is 1. The highest BCUT2D eigenvalue weighted by molar-refractivity contribution is 9.10. The Morgan fingerprint density at radius 1 is 1.38 bits per heavy atom. The maximum Gasteiger partial charge on any atom is 0.291 e. The number of amides is 1. The molecule has 3 rings (SSSR count). The van der Waals surface area contributed by atoms with E-state index in [1.807, 2.05) is 19.1 Å². The van der Waals surface area contributed by atoms with Gasteiger partial charge in [-0.1, -0.05) is 15.9 Å². The van der Waals surface area contributed by atoms with Crippen molar-refractivity contribution in [1.29, 1.82) is 0 Å². The van der Waals surface area contributed by atoms with E-state index in [2.05, 4.69) is 36.7 Å². The van der Waals surface area contributed by atoms with Crippen LogP contribution in [-0.2, 0) is 0 Å². The summed E-state index contributed by atoms with van der Waals surface area (Å²) in [6.07, 6.45) is 1.37. The van der Waals surface area contributed by atoms with Crippen molar-refractivity contribution in [3.8, 4) is 16.3 Å². The summed E-state index contributed by atoms with van der Waals surface area (Å²) in [7, 11) is 0. The van der Waals surface area contributed by atoms with E-state index < -0.39 is 5.91 Å². The van der Waals surface area contributed by atoms with Crippen LogP contribution in [0.25, 0.3) is 10.6 Å². The van der Waals surface area contributed by atoms with Gasteiger partial charge in [-0.3, -0.25) is 9.89 Å². The highest BCUT2D eigenvalue weighted by atomic mass is 79.9. The van der Waals surface area contributed by atoms with E-state index in [4.69, 9.17) is 0 Å². The van der Waals surface area contributed by atoms with Gasteiger partial charge in [-0.2, -0.15) is 10.2 Å². The molecule has 3 N–H and O–H groups in total. The van der Waals surface area contributed by atoms with Gasteiger partial charge < -0.3 is 5.11 Å². The Morgan fingerprint density at radius 2 is 2.21 bits per heavy atom. The molecule has 2 heterocycles. The molecule has 24 heavy (non-hydrogen) atoms. The molecule has 0 fully saturated rings. The van der Waals surface area contributed by atoms with Crippen LogP contribution in [0.3, 0.4) is 0 Å². The number of phenolic OH excluding ortho intramolecular Hbond substituents is 1. The minimum atomic E-state index is -0.434. The molecule has 0 aliphatic rings. The Kier molecular flexibility index (Phi) is 4.77. The van der Waals surface area contributed by atoms with E-state index in [-0.39, 0.29) is 11.4 Å². The summed E-state index contributed by atoms with van der Waals surface area (Å²) in [5.74, 6) is -0.358. The number of hydrogen-bond acceptors (Lipinski definition) is 5. The fourth-order valence-corrected chi connectivity index (χ4v) is 3.20. The summed E-state index contributed by atoms with van der Waals surface area (Å²) in [5, 5.41) is 20.4. The van der Waals surface area contributed by atoms with Gasteiger partial charge in [0.05, 0.1) is 16.8 Å². The van der Waals surface area contributed by atoms with Gasteiger partial charge in [0.1, 0.15) is 5.75 Å². The smallest absolute Gasteiger partial charge is 0.291 e. The highest BCUT2D eigenvalue weighted by Gasteiger charge is 2.11. The summed E-state index contributed by atoms with van der Waals surface area (Å²) >= 11 is 4.93. The molecule has 6 nitrogen and oxygen atoms in total. The van der Waals surface area contributed by atoms with Crippen LogP contribution in [0.5, 0.6) is 5.75 Å². The van der Waals surface area contributed by atoms with Crippen LogP contribution in [-0.4, -0.2) is 27.4 Å². The third-order valence-corrected chi connectivity index (χ3v) is 4.70. The Hall–Kier alpha value is -2.45. The largest absolute Gasteiger partial charge is 0.507 e. The monoisotopic (exact) mass is 404 g/mol. The molecule has 3 aromatic rings. The van der Waals surface area contributed by atoms with Crippen LogP contribution in [0.4, 0.5) is 0 Å². The predicted octanol–water partition coefficient (Wildman–Crippen LogP) is 3.68. The number of aryl methyl sites for hydroxylation is 1. The quantitative estimate of drug-likeness (QED) is 0.457. The minimum absolute atomic E-state index is 0.0753. The first-order chi connectivity index (χ1) is 11.5. The fraction of sp³-hybridized carbons (Fsp3) is 0.0625. The molecule has 0 radical (unpaired) electrons. The molecule has 0 aliphatic heterocycles. The summed E-state index contributed by atoms with van der Waals surface area (Å²) in [6.45, 7) is 2.02. The van der Waals surface area contributed by atoms with Crippen LogP contribution in [0.1, 0.15) is 20.9 Å². The molecule has 0 unspecified atom stereocenters. The number of aromatic hydroxyl groups is 1. The van der Waals surface area contributed by atoms with Gasteiger partial charge >= 0.3 is 0 Å². The molecule has 0 saturated heterocycles. The molecule has 2 aromatic heterocycles. The van der Waals surface area contributed by atoms with Crippen LogP contribution in [0, 0.1) is 6.92 Å². The van der Waals surface area contributed by atoms with Crippen LogP contribution >= 0.6 is 27.3 Å². The van der Waals surface area contributed by atoms with E-state index in [9.17, 15) is 9.90 Å². The number of phenols is 1. The van der Waals surface area contributed by atoms with E-state index in [1.54, 1.807) is 29.5 Å². The number of hydrogen-bond donors (Lipinski definition) is 3. The summed E-state index contributed by atoms with van der Waals surface area (Å²) in [5.41, 5.74) is 3.90. The lowest BCUT2D eigenvalue weighted by Gasteiger charge is -1.99. The van der Waals surface area contributed by atoms with Crippen molar-refractivity contribution >= 4 is 39.4 Å². The van der Waals surface area contributed by atoms with Gasteiger partial charge in [0.2, 0.25) is 0 Å². The van der Waals surface area contributed by atoms with Crippen molar-refractivity contribution < 1.29 is 9.90 Å². The third kappa shape index (κ3) is 3.72. The topological polar surface area (TPSA) is 90.4 Å². The second-order valence-electron chi connectivity index (χ2n) is 4.98. The van der Waals surface area contributed by atoms with Gasteiger partial charge in [-0.15, -0.1) is 11.3 Å². The molecule has 0 atom stereocenters. The first-order valence-electron chi connectivity index (χ1n) is 6.97. The molecule has 0 bridgehead atoms. The standard InChI is InChI=1S/C16H13BrN4O2S/c1-9-2-5-15(24-9)12-7-13(20-19-12)16(23)21-18-8-10-6-11(17)3-4-14(10)22/h2-8,22H,1H3,(H,19,20)(H,21,23)/b18-8-. The average molecular weight is 405 g/mol. The van der Waals surface area contributed by atoms with Gasteiger partial charge in [0.15, 0.2) is 5.69 Å². The number of nitrogens with one attached hydrogen (secondary N) is 2. The summed E-state index contributed by atoms with van der Waals surface area (Å²) < 4.78 is 0.802. The maximum absolute atomic E-state index is 12.1. The van der Waals surface area contributed by atoms with Gasteiger partial charge in [0, 0.05) is 14.9 Å². The van der Waals surface area contributed by atoms with Crippen molar-refractivity contribution in [3.63, 3.8) is 0 Å². The first-order valence-corrected chi connectivity index (χ1v) is 8.58.